The normalized spacial score (nSPS) is 19.9. The standard InChI is InChI=1S/C20H23N3O4/c1-13-10-18(22-27-13)21-19(24)14-6-8-23(9-7-14)20(25)16-11-15-4-2-3-5-17(15)26-12-16/h2-5,10,14,16H,6-9,11-12H2,1H3,(H,21,22,24). The van der Waals surface area contributed by atoms with Crippen molar-refractivity contribution >= 4 is 17.6 Å². The van der Waals surface area contributed by atoms with Gasteiger partial charge in [-0.15, -0.1) is 0 Å². The molecule has 0 bridgehead atoms. The number of anilines is 1. The molecule has 4 rings (SSSR count). The first-order valence-electron chi connectivity index (χ1n) is 9.34. The Morgan fingerprint density at radius 2 is 1.96 bits per heavy atom. The van der Waals surface area contributed by atoms with Gasteiger partial charge in [-0.05, 0) is 37.8 Å². The maximum Gasteiger partial charge on any atom is 0.229 e. The Hall–Kier alpha value is -2.83. The summed E-state index contributed by atoms with van der Waals surface area (Å²) in [6.07, 6.45) is 2.01. The van der Waals surface area contributed by atoms with Gasteiger partial charge in [-0.1, -0.05) is 23.4 Å². The molecule has 1 aromatic heterocycles. The van der Waals surface area contributed by atoms with Crippen molar-refractivity contribution in [3.05, 3.63) is 41.7 Å². The number of hydrogen-bond acceptors (Lipinski definition) is 5. The molecule has 7 nitrogen and oxygen atoms in total. The summed E-state index contributed by atoms with van der Waals surface area (Å²) < 4.78 is 10.7. The molecule has 2 aromatic rings. The summed E-state index contributed by atoms with van der Waals surface area (Å²) in [4.78, 5) is 27.1. The number of piperidine rings is 1. The molecule has 142 valence electrons. The second-order valence-corrected chi connectivity index (χ2v) is 7.23. The van der Waals surface area contributed by atoms with Crippen molar-refractivity contribution in [3.63, 3.8) is 0 Å². The highest BCUT2D eigenvalue weighted by atomic mass is 16.5. The molecule has 1 N–H and O–H groups in total. The molecule has 2 amide bonds. The van der Waals surface area contributed by atoms with Gasteiger partial charge in [0.25, 0.3) is 0 Å². The minimum atomic E-state index is -0.150. The monoisotopic (exact) mass is 369 g/mol. The summed E-state index contributed by atoms with van der Waals surface area (Å²) in [6, 6.07) is 9.55. The third-order valence-electron chi connectivity index (χ3n) is 5.28. The van der Waals surface area contributed by atoms with Crippen molar-refractivity contribution < 1.29 is 18.8 Å². The van der Waals surface area contributed by atoms with Crippen LogP contribution in [0.15, 0.2) is 34.9 Å². The third-order valence-corrected chi connectivity index (χ3v) is 5.28. The lowest BCUT2D eigenvalue weighted by Crippen LogP contribution is -2.46. The van der Waals surface area contributed by atoms with E-state index in [2.05, 4.69) is 10.5 Å². The van der Waals surface area contributed by atoms with Gasteiger partial charge in [0, 0.05) is 25.1 Å². The van der Waals surface area contributed by atoms with Crippen LogP contribution in [0.1, 0.15) is 24.2 Å². The Labute approximate surface area is 157 Å². The van der Waals surface area contributed by atoms with Gasteiger partial charge in [0.1, 0.15) is 18.1 Å². The number of ether oxygens (including phenoxy) is 1. The summed E-state index contributed by atoms with van der Waals surface area (Å²) >= 11 is 0. The number of amides is 2. The summed E-state index contributed by atoms with van der Waals surface area (Å²) in [5.74, 6) is 1.76. The maximum absolute atomic E-state index is 12.9. The number of para-hydroxylation sites is 1. The molecule has 27 heavy (non-hydrogen) atoms. The molecule has 1 saturated heterocycles. The van der Waals surface area contributed by atoms with Crippen LogP contribution in [0.3, 0.4) is 0 Å². The zero-order valence-electron chi connectivity index (χ0n) is 15.3. The van der Waals surface area contributed by atoms with E-state index in [4.69, 9.17) is 9.26 Å². The van der Waals surface area contributed by atoms with Crippen LogP contribution in [0.25, 0.3) is 0 Å². The van der Waals surface area contributed by atoms with Gasteiger partial charge in [0.05, 0.1) is 5.92 Å². The number of hydrogen-bond donors (Lipinski definition) is 1. The van der Waals surface area contributed by atoms with Gasteiger partial charge in [-0.25, -0.2) is 0 Å². The van der Waals surface area contributed by atoms with Crippen LogP contribution in [0.2, 0.25) is 0 Å². The van der Waals surface area contributed by atoms with E-state index in [1.54, 1.807) is 13.0 Å². The van der Waals surface area contributed by atoms with Crippen LogP contribution in [-0.4, -0.2) is 41.6 Å². The number of fused-ring (bicyclic) bond motifs is 1. The van der Waals surface area contributed by atoms with Gasteiger partial charge < -0.3 is 19.5 Å². The van der Waals surface area contributed by atoms with Crippen LogP contribution in [0.5, 0.6) is 5.75 Å². The predicted molar refractivity (Wildman–Crippen MR) is 98.3 cm³/mol. The summed E-state index contributed by atoms with van der Waals surface area (Å²) in [5, 5.41) is 6.57. The molecule has 0 radical (unpaired) electrons. The van der Waals surface area contributed by atoms with E-state index in [1.165, 1.54) is 0 Å². The number of rotatable bonds is 3. The Balaban J connectivity index is 1.30. The molecule has 2 aliphatic rings. The Kier molecular flexibility index (Phi) is 4.83. The minimum absolute atomic E-state index is 0.0645. The van der Waals surface area contributed by atoms with Gasteiger partial charge in [-0.2, -0.15) is 0 Å². The number of nitrogens with one attached hydrogen (secondary N) is 1. The average Bonchev–Trinajstić information content (AvgIpc) is 3.11. The molecule has 0 saturated carbocycles. The van der Waals surface area contributed by atoms with Crippen LogP contribution >= 0.6 is 0 Å². The molecule has 0 aliphatic carbocycles. The smallest absolute Gasteiger partial charge is 0.229 e. The number of carbonyl (C=O) groups is 2. The van der Waals surface area contributed by atoms with E-state index < -0.39 is 0 Å². The number of carbonyl (C=O) groups excluding carboxylic acids is 2. The van der Waals surface area contributed by atoms with Gasteiger partial charge >= 0.3 is 0 Å². The first kappa shape index (κ1) is 17.6. The van der Waals surface area contributed by atoms with Crippen LogP contribution in [0.4, 0.5) is 5.82 Å². The first-order chi connectivity index (χ1) is 13.1. The fourth-order valence-electron chi connectivity index (χ4n) is 3.76. The van der Waals surface area contributed by atoms with E-state index in [1.807, 2.05) is 29.2 Å². The van der Waals surface area contributed by atoms with Crippen molar-refractivity contribution in [2.75, 3.05) is 25.0 Å². The van der Waals surface area contributed by atoms with Gasteiger partial charge in [0.2, 0.25) is 11.8 Å². The second-order valence-electron chi connectivity index (χ2n) is 7.23. The summed E-state index contributed by atoms with van der Waals surface area (Å²) in [7, 11) is 0. The lowest BCUT2D eigenvalue weighted by atomic mass is 9.92. The highest BCUT2D eigenvalue weighted by molar-refractivity contribution is 5.92. The maximum atomic E-state index is 12.9. The van der Waals surface area contributed by atoms with E-state index in [0.717, 1.165) is 11.3 Å². The van der Waals surface area contributed by atoms with Crippen molar-refractivity contribution in [2.45, 2.75) is 26.2 Å². The summed E-state index contributed by atoms with van der Waals surface area (Å²) in [6.45, 7) is 3.38. The largest absolute Gasteiger partial charge is 0.492 e. The Bertz CT molecular complexity index is 839. The molecule has 7 heteroatoms. The van der Waals surface area contributed by atoms with Gasteiger partial charge in [0.15, 0.2) is 5.82 Å². The highest BCUT2D eigenvalue weighted by Crippen LogP contribution is 2.29. The lowest BCUT2D eigenvalue weighted by molar-refractivity contribution is -0.139. The van der Waals surface area contributed by atoms with E-state index in [-0.39, 0.29) is 23.7 Å². The lowest BCUT2D eigenvalue weighted by Gasteiger charge is -2.35. The molecule has 1 aromatic carbocycles. The number of benzene rings is 1. The van der Waals surface area contributed by atoms with Crippen molar-refractivity contribution in [1.29, 1.82) is 0 Å². The second kappa shape index (κ2) is 7.42. The molecule has 2 aliphatic heterocycles. The predicted octanol–water partition coefficient (Wildman–Crippen LogP) is 2.41. The topological polar surface area (TPSA) is 84.7 Å². The first-order valence-corrected chi connectivity index (χ1v) is 9.34. The van der Waals surface area contributed by atoms with Crippen LogP contribution in [0, 0.1) is 18.8 Å². The minimum Gasteiger partial charge on any atom is -0.492 e. The fourth-order valence-corrected chi connectivity index (χ4v) is 3.76. The molecule has 0 spiro atoms. The molecule has 3 heterocycles. The van der Waals surface area contributed by atoms with Crippen LogP contribution in [-0.2, 0) is 16.0 Å². The van der Waals surface area contributed by atoms with E-state index in [0.29, 0.717) is 50.5 Å². The van der Waals surface area contributed by atoms with Crippen molar-refractivity contribution in [3.8, 4) is 5.75 Å². The van der Waals surface area contributed by atoms with E-state index >= 15 is 0 Å². The quantitative estimate of drug-likeness (QED) is 0.898. The number of likely N-dealkylation sites (tertiary alicyclic amines) is 1. The molecule has 1 atom stereocenters. The highest BCUT2D eigenvalue weighted by Gasteiger charge is 2.33. The van der Waals surface area contributed by atoms with Crippen LogP contribution < -0.4 is 10.1 Å². The molecular weight excluding hydrogens is 346 g/mol. The number of aryl methyl sites for hydroxylation is 1. The van der Waals surface area contributed by atoms with Gasteiger partial charge in [-0.3, -0.25) is 9.59 Å². The number of nitrogens with zero attached hydrogens (tertiary/aromatic N) is 2. The molecule has 1 unspecified atom stereocenters. The van der Waals surface area contributed by atoms with Crippen molar-refractivity contribution in [1.82, 2.24) is 10.1 Å². The molecule has 1 fully saturated rings. The Morgan fingerprint density at radius 3 is 2.70 bits per heavy atom. The summed E-state index contributed by atoms with van der Waals surface area (Å²) in [5.41, 5.74) is 1.08. The van der Waals surface area contributed by atoms with Crippen molar-refractivity contribution in [2.24, 2.45) is 11.8 Å². The molecular formula is C20H23N3O4. The zero-order chi connectivity index (χ0) is 18.8. The zero-order valence-corrected chi connectivity index (χ0v) is 15.3. The Morgan fingerprint density at radius 1 is 1.19 bits per heavy atom. The third kappa shape index (κ3) is 3.82. The SMILES string of the molecule is Cc1cc(NC(=O)C2CCN(C(=O)C3COc4ccccc4C3)CC2)no1. The average molecular weight is 369 g/mol. The number of aromatic nitrogens is 1. The fraction of sp³-hybridized carbons (Fsp3) is 0.450. The van der Waals surface area contributed by atoms with E-state index in [9.17, 15) is 9.59 Å².